The summed E-state index contributed by atoms with van der Waals surface area (Å²) in [5.74, 6) is 0.351. The first-order chi connectivity index (χ1) is 12.0. The van der Waals surface area contributed by atoms with E-state index >= 15 is 0 Å². The number of sulfone groups is 1. The Morgan fingerprint density at radius 3 is 2.72 bits per heavy atom. The maximum atomic E-state index is 11.9. The highest BCUT2D eigenvalue weighted by Crippen LogP contribution is 2.18. The molecule has 25 heavy (non-hydrogen) atoms. The molecule has 0 spiro atoms. The Kier molecular flexibility index (Phi) is 5.64. The fraction of sp³-hybridized carbons (Fsp3) is 0.438. The van der Waals surface area contributed by atoms with E-state index in [1.54, 1.807) is 0 Å². The lowest BCUT2D eigenvalue weighted by atomic mass is 10.1. The lowest BCUT2D eigenvalue weighted by molar-refractivity contribution is 0.250. The second-order valence-corrected chi connectivity index (χ2v) is 9.38. The summed E-state index contributed by atoms with van der Waals surface area (Å²) in [6, 6.07) is 9.74. The van der Waals surface area contributed by atoms with Crippen molar-refractivity contribution in [2.45, 2.75) is 19.3 Å². The molecule has 1 aliphatic heterocycles. The van der Waals surface area contributed by atoms with E-state index in [0.717, 1.165) is 17.8 Å². The number of benzene rings is 1. The number of aryl methyl sites for hydroxylation is 2. The molecule has 9 heteroatoms. The molecule has 134 valence electrons. The highest BCUT2D eigenvalue weighted by atomic mass is 32.2. The van der Waals surface area contributed by atoms with Crippen molar-refractivity contribution in [3.8, 4) is 0 Å². The van der Waals surface area contributed by atoms with Gasteiger partial charge in [0.05, 0.1) is 11.5 Å². The van der Waals surface area contributed by atoms with E-state index < -0.39 is 9.84 Å². The Labute approximate surface area is 150 Å². The predicted molar refractivity (Wildman–Crippen MR) is 97.5 cm³/mol. The molecule has 2 N–H and O–H groups in total. The molecule has 2 heterocycles. The van der Waals surface area contributed by atoms with Gasteiger partial charge in [0.25, 0.3) is 0 Å². The number of amides is 2. The van der Waals surface area contributed by atoms with Crippen molar-refractivity contribution in [2.24, 2.45) is 5.92 Å². The molecule has 0 saturated carbocycles. The number of hydrogen-bond donors (Lipinski definition) is 2. The second-order valence-electron chi connectivity index (χ2n) is 6.09. The zero-order chi connectivity index (χ0) is 17.7. The van der Waals surface area contributed by atoms with Gasteiger partial charge in [-0.25, -0.2) is 13.2 Å². The molecule has 1 aliphatic rings. The summed E-state index contributed by atoms with van der Waals surface area (Å²) in [6.07, 6.45) is 2.24. The van der Waals surface area contributed by atoms with Gasteiger partial charge >= 0.3 is 6.03 Å². The van der Waals surface area contributed by atoms with Gasteiger partial charge in [-0.2, -0.15) is 0 Å². The molecular weight excluding hydrogens is 360 g/mol. The van der Waals surface area contributed by atoms with Crippen LogP contribution in [0.1, 0.15) is 17.0 Å². The van der Waals surface area contributed by atoms with E-state index in [9.17, 15) is 13.2 Å². The zero-order valence-corrected chi connectivity index (χ0v) is 15.3. The van der Waals surface area contributed by atoms with Gasteiger partial charge in [-0.3, -0.25) is 5.32 Å². The molecular formula is C16H20N4O3S2. The normalized spacial score (nSPS) is 18.8. The number of aromatic nitrogens is 2. The SMILES string of the molecule is O=C(NC[C@@H]1CCS(=O)(=O)C1)Nc1nnc(CCc2ccccc2)s1. The third-order valence-electron chi connectivity index (χ3n) is 4.04. The van der Waals surface area contributed by atoms with Crippen LogP contribution >= 0.6 is 11.3 Å². The van der Waals surface area contributed by atoms with E-state index in [0.29, 0.717) is 18.1 Å². The molecule has 2 amide bonds. The highest BCUT2D eigenvalue weighted by Gasteiger charge is 2.27. The monoisotopic (exact) mass is 380 g/mol. The Morgan fingerprint density at radius 2 is 2.00 bits per heavy atom. The Hall–Kier alpha value is -2.00. The van der Waals surface area contributed by atoms with E-state index in [4.69, 9.17) is 0 Å². The molecule has 0 radical (unpaired) electrons. The quantitative estimate of drug-likeness (QED) is 0.797. The van der Waals surface area contributed by atoms with Crippen LogP contribution in [0, 0.1) is 5.92 Å². The molecule has 0 bridgehead atoms. The van der Waals surface area contributed by atoms with Crippen LogP contribution in [0.2, 0.25) is 0 Å². The number of urea groups is 1. The summed E-state index contributed by atoms with van der Waals surface area (Å²) in [5.41, 5.74) is 1.23. The zero-order valence-electron chi connectivity index (χ0n) is 13.6. The van der Waals surface area contributed by atoms with Crippen LogP contribution in [-0.2, 0) is 22.7 Å². The fourth-order valence-electron chi connectivity index (χ4n) is 2.71. The maximum Gasteiger partial charge on any atom is 0.321 e. The minimum Gasteiger partial charge on any atom is -0.337 e. The van der Waals surface area contributed by atoms with E-state index in [-0.39, 0.29) is 23.5 Å². The predicted octanol–water partition coefficient (Wildman–Crippen LogP) is 1.88. The van der Waals surface area contributed by atoms with Gasteiger partial charge in [-0.1, -0.05) is 41.7 Å². The van der Waals surface area contributed by atoms with Crippen molar-refractivity contribution in [3.05, 3.63) is 40.9 Å². The van der Waals surface area contributed by atoms with Crippen LogP contribution < -0.4 is 10.6 Å². The van der Waals surface area contributed by atoms with Crippen LogP contribution in [0.15, 0.2) is 30.3 Å². The van der Waals surface area contributed by atoms with Crippen molar-refractivity contribution in [1.82, 2.24) is 15.5 Å². The third kappa shape index (κ3) is 5.50. The first-order valence-corrected chi connectivity index (χ1v) is 10.8. The number of anilines is 1. The molecule has 0 unspecified atom stereocenters. The van der Waals surface area contributed by atoms with Gasteiger partial charge in [0.1, 0.15) is 5.01 Å². The highest BCUT2D eigenvalue weighted by molar-refractivity contribution is 7.91. The second kappa shape index (κ2) is 7.92. The lowest BCUT2D eigenvalue weighted by Gasteiger charge is -2.09. The third-order valence-corrected chi connectivity index (χ3v) is 6.77. The summed E-state index contributed by atoms with van der Waals surface area (Å²) < 4.78 is 22.8. The van der Waals surface area contributed by atoms with Crippen molar-refractivity contribution in [2.75, 3.05) is 23.4 Å². The number of carbonyl (C=O) groups excluding carboxylic acids is 1. The number of nitrogens with one attached hydrogen (secondary N) is 2. The van der Waals surface area contributed by atoms with Gasteiger partial charge in [0, 0.05) is 13.0 Å². The van der Waals surface area contributed by atoms with Gasteiger partial charge < -0.3 is 5.32 Å². The van der Waals surface area contributed by atoms with Crippen LogP contribution in [0.4, 0.5) is 9.93 Å². The van der Waals surface area contributed by atoms with Crippen molar-refractivity contribution < 1.29 is 13.2 Å². The smallest absolute Gasteiger partial charge is 0.321 e. The van der Waals surface area contributed by atoms with Crippen molar-refractivity contribution in [3.63, 3.8) is 0 Å². The molecule has 1 saturated heterocycles. The molecule has 2 aromatic rings. The molecule has 1 atom stereocenters. The molecule has 0 aliphatic carbocycles. The number of rotatable bonds is 6. The Balaban J connectivity index is 1.42. The number of hydrogen-bond acceptors (Lipinski definition) is 6. The number of nitrogens with zero attached hydrogens (tertiary/aromatic N) is 2. The standard InChI is InChI=1S/C16H20N4O3S2/c21-15(17-10-13-8-9-25(22,23)11-13)18-16-20-19-14(24-16)7-6-12-4-2-1-3-5-12/h1-5,13H,6-11H2,(H2,17,18,20,21)/t13-/m0/s1. The largest absolute Gasteiger partial charge is 0.337 e. The minimum absolute atomic E-state index is 0.00777. The van der Waals surface area contributed by atoms with E-state index in [1.165, 1.54) is 16.9 Å². The summed E-state index contributed by atoms with van der Waals surface area (Å²) in [7, 11) is -2.92. The first kappa shape index (κ1) is 17.8. The molecule has 1 aromatic heterocycles. The molecule has 1 fully saturated rings. The summed E-state index contributed by atoms with van der Waals surface area (Å²) in [4.78, 5) is 11.9. The van der Waals surface area contributed by atoms with Gasteiger partial charge in [0.2, 0.25) is 5.13 Å². The van der Waals surface area contributed by atoms with Crippen molar-refractivity contribution in [1.29, 1.82) is 0 Å². The minimum atomic E-state index is -2.92. The van der Waals surface area contributed by atoms with Crippen molar-refractivity contribution >= 4 is 32.3 Å². The van der Waals surface area contributed by atoms with Gasteiger partial charge in [-0.15, -0.1) is 10.2 Å². The summed E-state index contributed by atoms with van der Waals surface area (Å²) in [5, 5.41) is 14.7. The van der Waals surface area contributed by atoms with Crippen LogP contribution in [0.5, 0.6) is 0 Å². The van der Waals surface area contributed by atoms with Crippen LogP contribution in [0.25, 0.3) is 0 Å². The molecule has 1 aromatic carbocycles. The average Bonchev–Trinajstić information content (AvgIpc) is 3.18. The fourth-order valence-corrected chi connectivity index (χ4v) is 5.31. The van der Waals surface area contributed by atoms with Gasteiger partial charge in [0.15, 0.2) is 9.84 Å². The first-order valence-electron chi connectivity index (χ1n) is 8.12. The Morgan fingerprint density at radius 1 is 1.20 bits per heavy atom. The lowest BCUT2D eigenvalue weighted by Crippen LogP contribution is -2.33. The summed E-state index contributed by atoms with van der Waals surface area (Å²) >= 11 is 1.35. The summed E-state index contributed by atoms with van der Waals surface area (Å²) in [6.45, 7) is 0.352. The van der Waals surface area contributed by atoms with E-state index in [1.807, 2.05) is 18.2 Å². The number of carbonyl (C=O) groups is 1. The van der Waals surface area contributed by atoms with Crippen LogP contribution in [-0.4, -0.2) is 42.7 Å². The topological polar surface area (TPSA) is 101 Å². The Bertz CT molecular complexity index is 821. The van der Waals surface area contributed by atoms with E-state index in [2.05, 4.69) is 33.0 Å². The average molecular weight is 380 g/mol. The molecule has 3 rings (SSSR count). The molecule has 7 nitrogen and oxygen atoms in total. The van der Waals surface area contributed by atoms with Crippen LogP contribution in [0.3, 0.4) is 0 Å². The maximum absolute atomic E-state index is 11.9. The van der Waals surface area contributed by atoms with Gasteiger partial charge in [-0.05, 0) is 24.3 Å².